The average Bonchev–Trinajstić information content (AvgIpc) is 3.50. The summed E-state index contributed by atoms with van der Waals surface area (Å²) in [5.41, 5.74) is 7.02. The summed E-state index contributed by atoms with van der Waals surface area (Å²) in [6, 6.07) is 2.30. The molecule has 0 N–H and O–H groups in total. The number of likely N-dealkylation sites (N-methyl/N-ethyl adjacent to an activating group) is 2. The van der Waals surface area contributed by atoms with Gasteiger partial charge in [-0.05, 0) is 111 Å². The predicted octanol–water partition coefficient (Wildman–Crippen LogP) is 5.92. The van der Waals surface area contributed by atoms with Gasteiger partial charge in [0.05, 0.1) is 49.3 Å². The number of hydrogen-bond donors (Lipinski definition) is 0. The zero-order valence-corrected chi connectivity index (χ0v) is 39.3. The van der Waals surface area contributed by atoms with Crippen molar-refractivity contribution in [2.45, 2.75) is 160 Å². The highest BCUT2D eigenvalue weighted by atomic mass is 16.8. The minimum Gasteiger partial charge on any atom is -0.461 e. The first-order valence-electron chi connectivity index (χ1n) is 22.1. The fourth-order valence-corrected chi connectivity index (χ4v) is 9.45. The van der Waals surface area contributed by atoms with Crippen molar-refractivity contribution in [1.82, 2.24) is 19.7 Å². The maximum absolute atomic E-state index is 14.6. The number of esters is 2. The Kier molecular flexibility index (Phi) is 18.8. The van der Waals surface area contributed by atoms with E-state index in [1.165, 1.54) is 7.11 Å². The van der Waals surface area contributed by atoms with Crippen molar-refractivity contribution in [3.05, 3.63) is 40.5 Å². The Hall–Kier alpha value is -4.26. The maximum atomic E-state index is 14.6. The molecule has 19 nitrogen and oxygen atoms in total. The Morgan fingerprint density at radius 2 is 1.83 bits per heavy atom. The number of carbonyl (C=O) groups excluding carboxylic acids is 4. The van der Waals surface area contributed by atoms with Gasteiger partial charge < -0.3 is 47.7 Å². The Bertz CT molecular complexity index is 1720. The van der Waals surface area contributed by atoms with Crippen molar-refractivity contribution in [3.8, 4) is 0 Å². The lowest BCUT2D eigenvalue weighted by Crippen LogP contribution is -2.61. The molecule has 3 unspecified atom stereocenters. The van der Waals surface area contributed by atoms with Crippen molar-refractivity contribution < 1.29 is 57.1 Å². The molecule has 3 aliphatic heterocycles. The van der Waals surface area contributed by atoms with Gasteiger partial charge in [-0.25, -0.2) is 9.59 Å². The van der Waals surface area contributed by atoms with Crippen LogP contribution in [0.5, 0.6) is 0 Å². The van der Waals surface area contributed by atoms with E-state index in [1.54, 1.807) is 43.5 Å². The second-order valence-corrected chi connectivity index (χ2v) is 18.0. The largest absolute Gasteiger partial charge is 0.508 e. The smallest absolute Gasteiger partial charge is 0.461 e. The molecule has 19 heteroatoms. The standard InChI is InChI=1S/C44H71N7O12/c1-13-34-44(7)38(51(41(54)63-44)20-15-14-19-47-48-45)30(5)50(10)26-27(2)24-43(6,57-12)35(61-40-37(62-42(55)56-11)32(49(8)9)21-28(3)58-40)23-33(29(4)39(53)60-34)59-36(52)22-31-17-16-18-46-25-31/h16-18,25,27-30,32-35,37-38,40H,13-15,19-24,26H2,1-12H3/t27-,28-,29-,30-,32?,33?,34-,35-,37?,38-,40+,43-,44-/m1/s1. The summed E-state index contributed by atoms with van der Waals surface area (Å²) in [6.45, 7) is 14.4. The number of amides is 1. The maximum Gasteiger partial charge on any atom is 0.508 e. The number of rotatable bonds is 14. The number of methoxy groups -OCH3 is 2. The number of aromatic nitrogens is 1. The van der Waals surface area contributed by atoms with E-state index in [0.29, 0.717) is 57.3 Å². The number of unbranched alkanes of at least 4 members (excludes halogenated alkanes) is 1. The predicted molar refractivity (Wildman–Crippen MR) is 230 cm³/mol. The summed E-state index contributed by atoms with van der Waals surface area (Å²) < 4.78 is 49.5. The molecule has 0 saturated carbocycles. The van der Waals surface area contributed by atoms with Crippen LogP contribution in [0.4, 0.5) is 9.59 Å². The molecule has 13 atom stereocenters. The molecule has 63 heavy (non-hydrogen) atoms. The van der Waals surface area contributed by atoms with Gasteiger partial charge in [0.1, 0.15) is 12.2 Å². The highest BCUT2D eigenvalue weighted by molar-refractivity contribution is 5.76. The number of nitrogens with zero attached hydrogens (tertiary/aromatic N) is 7. The summed E-state index contributed by atoms with van der Waals surface area (Å²) in [4.78, 5) is 67.8. The Balaban J connectivity index is 1.84. The molecule has 1 aromatic heterocycles. The van der Waals surface area contributed by atoms with E-state index >= 15 is 0 Å². The molecule has 0 bridgehead atoms. The van der Waals surface area contributed by atoms with Crippen molar-refractivity contribution in [2.24, 2.45) is 17.0 Å². The molecule has 3 fully saturated rings. The molecular formula is C44H71N7O12. The first-order valence-corrected chi connectivity index (χ1v) is 22.1. The molecule has 354 valence electrons. The number of hydrogen-bond acceptors (Lipinski definition) is 16. The van der Waals surface area contributed by atoms with Crippen LogP contribution in [-0.2, 0) is 53.9 Å². The zero-order chi connectivity index (χ0) is 46.6. The van der Waals surface area contributed by atoms with Crippen LogP contribution in [0.1, 0.15) is 92.6 Å². The average molecular weight is 890 g/mol. The minimum atomic E-state index is -1.28. The van der Waals surface area contributed by atoms with Crippen molar-refractivity contribution in [1.29, 1.82) is 0 Å². The number of pyridine rings is 1. The number of azide groups is 1. The second kappa shape index (κ2) is 23.1. The van der Waals surface area contributed by atoms with Gasteiger partial charge in [0.25, 0.3) is 0 Å². The summed E-state index contributed by atoms with van der Waals surface area (Å²) in [5, 5.41) is 3.65. The summed E-state index contributed by atoms with van der Waals surface area (Å²) in [7, 11) is 8.56. The third-order valence-corrected chi connectivity index (χ3v) is 13.0. The van der Waals surface area contributed by atoms with Crippen LogP contribution >= 0.6 is 0 Å². The molecule has 0 aromatic carbocycles. The van der Waals surface area contributed by atoms with E-state index in [9.17, 15) is 19.2 Å². The lowest BCUT2D eigenvalue weighted by atomic mass is 9.82. The van der Waals surface area contributed by atoms with Crippen molar-refractivity contribution in [2.75, 3.05) is 55.0 Å². The van der Waals surface area contributed by atoms with E-state index in [4.69, 9.17) is 43.4 Å². The van der Waals surface area contributed by atoms with E-state index in [1.807, 2.05) is 60.7 Å². The van der Waals surface area contributed by atoms with E-state index in [2.05, 4.69) is 26.8 Å². The van der Waals surface area contributed by atoms with Gasteiger partial charge in [0.2, 0.25) is 0 Å². The van der Waals surface area contributed by atoms with Gasteiger partial charge in [-0.1, -0.05) is 25.0 Å². The molecule has 1 amide bonds. The molecule has 3 saturated heterocycles. The van der Waals surface area contributed by atoms with Gasteiger partial charge in [-0.2, -0.15) is 0 Å². The fourth-order valence-electron chi connectivity index (χ4n) is 9.45. The highest BCUT2D eigenvalue weighted by Crippen LogP contribution is 2.41. The van der Waals surface area contributed by atoms with Crippen LogP contribution in [0.15, 0.2) is 29.6 Å². The summed E-state index contributed by atoms with van der Waals surface area (Å²) >= 11 is 0. The van der Waals surface area contributed by atoms with Gasteiger partial charge in [0, 0.05) is 56.5 Å². The molecule has 0 radical (unpaired) electrons. The number of cyclic esters (lactones) is 1. The van der Waals surface area contributed by atoms with Crippen LogP contribution in [0.25, 0.3) is 10.4 Å². The van der Waals surface area contributed by atoms with Crippen LogP contribution in [0.3, 0.4) is 0 Å². The summed E-state index contributed by atoms with van der Waals surface area (Å²) in [5.74, 6) is -2.40. The first kappa shape index (κ1) is 51.4. The molecular weight excluding hydrogens is 819 g/mol. The minimum absolute atomic E-state index is 0.0561. The van der Waals surface area contributed by atoms with Gasteiger partial charge in [-0.15, -0.1) is 0 Å². The van der Waals surface area contributed by atoms with Crippen molar-refractivity contribution in [3.63, 3.8) is 0 Å². The molecule has 4 heterocycles. The van der Waals surface area contributed by atoms with Gasteiger partial charge in [-0.3, -0.25) is 19.5 Å². The quantitative estimate of drug-likeness (QED) is 0.0530. The number of ether oxygens (including phenoxy) is 8. The molecule has 0 aliphatic carbocycles. The zero-order valence-electron chi connectivity index (χ0n) is 39.3. The Labute approximate surface area is 372 Å². The molecule has 4 rings (SSSR count). The number of carbonyl (C=O) groups is 4. The molecule has 0 spiro atoms. The Morgan fingerprint density at radius 3 is 2.44 bits per heavy atom. The topological polar surface area (TPSA) is 213 Å². The van der Waals surface area contributed by atoms with Crippen LogP contribution in [-0.4, -0.2) is 165 Å². The Morgan fingerprint density at radius 1 is 1.10 bits per heavy atom. The van der Waals surface area contributed by atoms with Crippen LogP contribution in [0, 0.1) is 11.8 Å². The van der Waals surface area contributed by atoms with Gasteiger partial charge >= 0.3 is 24.2 Å². The lowest BCUT2D eigenvalue weighted by Gasteiger charge is -2.47. The molecule has 3 aliphatic rings. The van der Waals surface area contributed by atoms with E-state index < -0.39 is 78.1 Å². The second-order valence-electron chi connectivity index (χ2n) is 18.0. The van der Waals surface area contributed by atoms with Crippen LogP contribution in [0.2, 0.25) is 0 Å². The first-order chi connectivity index (χ1) is 29.8. The van der Waals surface area contributed by atoms with E-state index in [0.717, 1.165) is 0 Å². The van der Waals surface area contributed by atoms with Crippen LogP contribution < -0.4 is 0 Å². The van der Waals surface area contributed by atoms with E-state index in [-0.39, 0.29) is 36.9 Å². The third-order valence-electron chi connectivity index (χ3n) is 13.0. The number of fused-ring (bicyclic) bond motifs is 1. The monoisotopic (exact) mass is 890 g/mol. The summed E-state index contributed by atoms with van der Waals surface area (Å²) in [6.07, 6.45) is -1.36. The normalized spacial score (nSPS) is 34.7. The van der Waals surface area contributed by atoms with Gasteiger partial charge in [0.15, 0.2) is 18.0 Å². The third kappa shape index (κ3) is 12.9. The lowest BCUT2D eigenvalue weighted by molar-refractivity contribution is -0.294. The van der Waals surface area contributed by atoms with Crippen molar-refractivity contribution >= 4 is 24.2 Å². The molecule has 1 aromatic rings. The highest BCUT2D eigenvalue weighted by Gasteiger charge is 2.59. The SMILES string of the molecule is CC[C@H]1OC(=O)[C@H](C)C(OC(=O)Cc2cccnc2)C[C@@H](O[C@@H]2O[C@H](C)CC(N(C)C)C2OC(=O)OC)[C@](C)(OC)C[C@@H](C)CN(C)[C@H](C)[C@H]2N(CCCCN=[N+]=[N-])C(=O)O[C@]12C. The fraction of sp³-hybridized carbons (Fsp3) is 0.795.